The smallest absolute Gasteiger partial charge is 0.416 e. The van der Waals surface area contributed by atoms with E-state index in [4.69, 9.17) is 4.74 Å². The van der Waals surface area contributed by atoms with Gasteiger partial charge in [0.1, 0.15) is 11.6 Å². The normalized spacial score (nSPS) is 14.8. The van der Waals surface area contributed by atoms with Gasteiger partial charge < -0.3 is 14.7 Å². The number of phenolic OH excluding ortho intramolecular Hbond substituents is 1. The van der Waals surface area contributed by atoms with E-state index >= 15 is 0 Å². The minimum atomic E-state index is -4.74. The summed E-state index contributed by atoms with van der Waals surface area (Å²) in [5, 5.41) is 9.81. The number of esters is 1. The minimum absolute atomic E-state index is 0.0418. The number of halogens is 4. The molecule has 1 aliphatic rings. The van der Waals surface area contributed by atoms with Crippen molar-refractivity contribution in [2.75, 3.05) is 29.8 Å². The first-order chi connectivity index (χ1) is 17.9. The number of hydrogen-bond acceptors (Lipinski definition) is 6. The zero-order chi connectivity index (χ0) is 27.7. The fraction of sp³-hybridized carbons (Fsp3) is 0.269. The topological polar surface area (TPSA) is 95.9 Å². The largest absolute Gasteiger partial charge is 0.508 e. The highest BCUT2D eigenvalue weighted by Crippen LogP contribution is 2.37. The van der Waals surface area contributed by atoms with Crippen LogP contribution in [0, 0.1) is 11.7 Å². The molecule has 0 aromatic heterocycles. The van der Waals surface area contributed by atoms with Gasteiger partial charge in [0.25, 0.3) is 10.0 Å². The van der Waals surface area contributed by atoms with Crippen molar-refractivity contribution in [3.63, 3.8) is 0 Å². The molecule has 0 spiro atoms. The first-order valence-electron chi connectivity index (χ1n) is 11.5. The van der Waals surface area contributed by atoms with Gasteiger partial charge in [0.15, 0.2) is 0 Å². The molecular weight excluding hydrogens is 528 g/mol. The number of carbonyl (C=O) groups excluding carboxylic acids is 1. The molecule has 202 valence electrons. The molecule has 2 N–H and O–H groups in total. The zero-order valence-electron chi connectivity index (χ0n) is 20.1. The van der Waals surface area contributed by atoms with Crippen molar-refractivity contribution in [1.29, 1.82) is 0 Å². The van der Waals surface area contributed by atoms with Crippen molar-refractivity contribution in [1.82, 2.24) is 0 Å². The van der Waals surface area contributed by atoms with Gasteiger partial charge in [-0.25, -0.2) is 12.8 Å². The summed E-state index contributed by atoms with van der Waals surface area (Å²) in [7, 11) is -3.17. The van der Waals surface area contributed by atoms with Crippen LogP contribution in [0.1, 0.15) is 18.4 Å². The van der Waals surface area contributed by atoms with E-state index in [2.05, 4.69) is 4.72 Å². The van der Waals surface area contributed by atoms with Crippen LogP contribution in [0.2, 0.25) is 0 Å². The third-order valence-corrected chi connectivity index (χ3v) is 7.66. The van der Waals surface area contributed by atoms with Gasteiger partial charge in [-0.3, -0.25) is 9.52 Å². The van der Waals surface area contributed by atoms with Crippen molar-refractivity contribution in [2.45, 2.75) is 23.9 Å². The van der Waals surface area contributed by atoms with Gasteiger partial charge in [0, 0.05) is 19.2 Å². The number of hydrogen-bond donors (Lipinski definition) is 2. The number of nitrogens with zero attached hydrogens (tertiary/aromatic N) is 1. The number of ether oxygens (including phenoxy) is 1. The quantitative estimate of drug-likeness (QED) is 0.314. The second-order valence-corrected chi connectivity index (χ2v) is 10.5. The number of piperidine rings is 1. The number of phenols is 1. The maximum absolute atomic E-state index is 13.9. The second kappa shape index (κ2) is 10.5. The van der Waals surface area contributed by atoms with Gasteiger partial charge in [0.2, 0.25) is 0 Å². The third-order valence-electron chi connectivity index (χ3n) is 6.30. The lowest BCUT2D eigenvalue weighted by Crippen LogP contribution is -2.37. The Labute approximate surface area is 216 Å². The van der Waals surface area contributed by atoms with Gasteiger partial charge in [-0.05, 0) is 66.4 Å². The van der Waals surface area contributed by atoms with Crippen molar-refractivity contribution in [2.24, 2.45) is 5.92 Å². The van der Waals surface area contributed by atoms with Gasteiger partial charge in [0.05, 0.1) is 34.9 Å². The second-order valence-electron chi connectivity index (χ2n) is 8.85. The number of aromatic hydroxyl groups is 1. The number of carbonyl (C=O) groups is 1. The number of rotatable bonds is 6. The van der Waals surface area contributed by atoms with Crippen LogP contribution in [0.5, 0.6) is 5.75 Å². The molecule has 0 amide bonds. The molecule has 0 saturated carbocycles. The molecule has 1 fully saturated rings. The van der Waals surface area contributed by atoms with Crippen LogP contribution in [0.15, 0.2) is 65.6 Å². The number of alkyl halides is 3. The SMILES string of the molecule is COC(=O)C1CCN(c2ccc(-c3cc(O)cc(F)c3)cc2NS(=O)(=O)c2cccc(C(F)(F)F)c2)CC1. The highest BCUT2D eigenvalue weighted by atomic mass is 32.2. The summed E-state index contributed by atoms with van der Waals surface area (Å²) in [6.07, 6.45) is -3.84. The van der Waals surface area contributed by atoms with Gasteiger partial charge >= 0.3 is 12.1 Å². The summed E-state index contributed by atoms with van der Waals surface area (Å²) >= 11 is 0. The number of anilines is 2. The molecule has 38 heavy (non-hydrogen) atoms. The van der Waals surface area contributed by atoms with E-state index in [0.717, 1.165) is 30.3 Å². The summed E-state index contributed by atoms with van der Waals surface area (Å²) in [5.74, 6) is -1.69. The molecule has 7 nitrogen and oxygen atoms in total. The van der Waals surface area contributed by atoms with E-state index < -0.39 is 32.5 Å². The molecule has 1 aliphatic heterocycles. The van der Waals surface area contributed by atoms with Crippen LogP contribution in [0.25, 0.3) is 11.1 Å². The molecule has 3 aromatic carbocycles. The van der Waals surface area contributed by atoms with Crippen LogP contribution in [-0.2, 0) is 25.7 Å². The molecule has 0 radical (unpaired) electrons. The molecule has 0 atom stereocenters. The van der Waals surface area contributed by atoms with Crippen LogP contribution in [0.4, 0.5) is 28.9 Å². The molecule has 1 heterocycles. The van der Waals surface area contributed by atoms with E-state index in [-0.39, 0.29) is 28.9 Å². The van der Waals surface area contributed by atoms with E-state index in [1.165, 1.54) is 19.2 Å². The Balaban J connectivity index is 1.74. The summed E-state index contributed by atoms with van der Waals surface area (Å²) in [4.78, 5) is 13.2. The van der Waals surface area contributed by atoms with Crippen LogP contribution in [0.3, 0.4) is 0 Å². The fourth-order valence-corrected chi connectivity index (χ4v) is 5.49. The average Bonchev–Trinajstić information content (AvgIpc) is 2.87. The molecular formula is C26H24F4N2O5S. The Morgan fingerprint density at radius 2 is 1.74 bits per heavy atom. The predicted octanol–water partition coefficient (Wildman–Crippen LogP) is 5.41. The average molecular weight is 553 g/mol. The van der Waals surface area contributed by atoms with E-state index in [1.54, 1.807) is 12.1 Å². The van der Waals surface area contributed by atoms with E-state index in [0.29, 0.717) is 43.2 Å². The highest BCUT2D eigenvalue weighted by Gasteiger charge is 2.32. The molecule has 4 rings (SSSR count). The molecule has 0 unspecified atom stereocenters. The molecule has 3 aromatic rings. The Bertz CT molecular complexity index is 1430. The van der Waals surface area contributed by atoms with Crippen molar-refractivity contribution in [3.8, 4) is 16.9 Å². The first-order valence-corrected chi connectivity index (χ1v) is 13.0. The first kappa shape index (κ1) is 27.2. The predicted molar refractivity (Wildman–Crippen MR) is 133 cm³/mol. The zero-order valence-corrected chi connectivity index (χ0v) is 20.9. The Kier molecular flexibility index (Phi) is 7.54. The summed E-state index contributed by atoms with van der Waals surface area (Å²) in [5.41, 5.74) is -0.0319. The van der Waals surface area contributed by atoms with Crippen molar-refractivity contribution < 1.29 is 40.6 Å². The third kappa shape index (κ3) is 6.01. The standard InChI is InChI=1S/C26H24F4N2O5S/c1-37-25(34)16-7-9-32(10-8-16)24-6-5-17(18-11-20(27)15-21(33)12-18)13-23(24)31-38(35,36)22-4-2-3-19(14-22)26(28,29)30/h2-6,11-16,31,33H,7-10H2,1H3. The number of methoxy groups -OCH3 is 1. The Morgan fingerprint density at radius 3 is 2.37 bits per heavy atom. The van der Waals surface area contributed by atoms with Crippen LogP contribution < -0.4 is 9.62 Å². The lowest BCUT2D eigenvalue weighted by Gasteiger charge is -2.34. The lowest BCUT2D eigenvalue weighted by atomic mass is 9.96. The van der Waals surface area contributed by atoms with E-state index in [1.807, 2.05) is 4.90 Å². The molecule has 12 heteroatoms. The molecule has 0 bridgehead atoms. The Morgan fingerprint density at radius 1 is 1.03 bits per heavy atom. The number of nitrogens with one attached hydrogen (secondary N) is 1. The van der Waals surface area contributed by atoms with Crippen molar-refractivity contribution >= 4 is 27.4 Å². The Hall–Kier alpha value is -3.80. The van der Waals surface area contributed by atoms with Gasteiger partial charge in [-0.1, -0.05) is 12.1 Å². The van der Waals surface area contributed by atoms with Crippen molar-refractivity contribution in [3.05, 3.63) is 72.0 Å². The maximum Gasteiger partial charge on any atom is 0.416 e. The molecule has 0 aliphatic carbocycles. The molecule has 1 saturated heterocycles. The summed E-state index contributed by atoms with van der Waals surface area (Å²) in [6, 6.07) is 11.4. The monoisotopic (exact) mass is 552 g/mol. The highest BCUT2D eigenvalue weighted by molar-refractivity contribution is 7.92. The van der Waals surface area contributed by atoms with Gasteiger partial charge in [-0.2, -0.15) is 13.2 Å². The van der Waals surface area contributed by atoms with Gasteiger partial charge in [-0.15, -0.1) is 0 Å². The number of benzene rings is 3. The number of sulfonamides is 1. The van der Waals surface area contributed by atoms with Crippen LogP contribution in [-0.4, -0.2) is 39.7 Å². The van der Waals surface area contributed by atoms with E-state index in [9.17, 15) is 35.9 Å². The lowest BCUT2D eigenvalue weighted by molar-refractivity contribution is -0.146. The van der Waals surface area contributed by atoms with Crippen LogP contribution >= 0.6 is 0 Å². The minimum Gasteiger partial charge on any atom is -0.508 e. The maximum atomic E-state index is 13.9. The fourth-order valence-electron chi connectivity index (χ4n) is 4.38. The summed E-state index contributed by atoms with van der Waals surface area (Å²) < 4.78 is 87.1. The summed E-state index contributed by atoms with van der Waals surface area (Å²) in [6.45, 7) is 0.774.